The topological polar surface area (TPSA) is 95.0 Å². The molecule has 1 atom stereocenters. The number of amidine groups is 1. The molecule has 1 rings (SSSR count). The molecule has 0 amide bonds. The summed E-state index contributed by atoms with van der Waals surface area (Å²) in [5.74, 6) is -0.0739. The molecule has 90 valence electrons. The summed E-state index contributed by atoms with van der Waals surface area (Å²) in [6, 6.07) is 0. The molecule has 0 saturated carbocycles. The van der Waals surface area contributed by atoms with Crippen LogP contribution in [0.3, 0.4) is 0 Å². The maximum absolute atomic E-state index is 7.39. The normalized spacial score (nSPS) is 22.2. The predicted molar refractivity (Wildman–Crippen MR) is 64.7 cm³/mol. The summed E-state index contributed by atoms with van der Waals surface area (Å²) in [5, 5.41) is 17.9. The van der Waals surface area contributed by atoms with Gasteiger partial charge in [0.25, 0.3) is 0 Å². The first-order chi connectivity index (χ1) is 7.69. The van der Waals surface area contributed by atoms with Crippen LogP contribution in [0.4, 0.5) is 0 Å². The van der Waals surface area contributed by atoms with Crippen molar-refractivity contribution in [2.45, 2.75) is 38.8 Å². The third kappa shape index (κ3) is 3.34. The van der Waals surface area contributed by atoms with Gasteiger partial charge in [-0.1, -0.05) is 6.92 Å². The lowest BCUT2D eigenvalue weighted by Gasteiger charge is -2.26. The Morgan fingerprint density at radius 1 is 1.56 bits per heavy atom. The SMILES string of the molecule is CC/C(NC1CCCCO1)=C(/C=N)C(=N)N. The smallest absolute Gasteiger partial charge is 0.127 e. The Bertz CT molecular complexity index is 292. The Hall–Kier alpha value is -1.36. The van der Waals surface area contributed by atoms with Crippen LogP contribution in [-0.4, -0.2) is 24.9 Å². The van der Waals surface area contributed by atoms with Crippen LogP contribution in [0.25, 0.3) is 0 Å². The van der Waals surface area contributed by atoms with Crippen LogP contribution in [0.5, 0.6) is 0 Å². The summed E-state index contributed by atoms with van der Waals surface area (Å²) >= 11 is 0. The molecular formula is C11H20N4O. The van der Waals surface area contributed by atoms with E-state index >= 15 is 0 Å². The standard InChI is InChI=1S/C11H20N4O/c1-2-9(8(7-12)11(13)14)15-10-5-3-4-6-16-10/h7,10,12,15H,2-6H2,1H3,(H3,13,14)/b9-8+,12-7?. The van der Waals surface area contributed by atoms with E-state index in [1.807, 2.05) is 6.92 Å². The number of nitrogens with one attached hydrogen (secondary N) is 3. The fourth-order valence-corrected chi connectivity index (χ4v) is 1.75. The van der Waals surface area contributed by atoms with E-state index in [-0.39, 0.29) is 12.1 Å². The first-order valence-corrected chi connectivity index (χ1v) is 5.65. The molecule has 1 aliphatic rings. The van der Waals surface area contributed by atoms with Crippen LogP contribution in [0.2, 0.25) is 0 Å². The largest absolute Gasteiger partial charge is 0.384 e. The summed E-state index contributed by atoms with van der Waals surface area (Å²) < 4.78 is 5.55. The van der Waals surface area contributed by atoms with Gasteiger partial charge in [-0.05, 0) is 25.7 Å². The maximum Gasteiger partial charge on any atom is 0.127 e. The molecule has 1 heterocycles. The van der Waals surface area contributed by atoms with Crippen molar-refractivity contribution in [2.24, 2.45) is 5.73 Å². The van der Waals surface area contributed by atoms with E-state index in [1.54, 1.807) is 0 Å². The van der Waals surface area contributed by atoms with Gasteiger partial charge in [0, 0.05) is 18.5 Å². The van der Waals surface area contributed by atoms with Gasteiger partial charge in [-0.3, -0.25) is 5.41 Å². The van der Waals surface area contributed by atoms with Gasteiger partial charge in [-0.25, -0.2) is 0 Å². The van der Waals surface area contributed by atoms with Crippen molar-refractivity contribution < 1.29 is 4.74 Å². The number of ether oxygens (including phenoxy) is 1. The molecule has 0 aromatic heterocycles. The van der Waals surface area contributed by atoms with Gasteiger partial charge in [0.2, 0.25) is 0 Å². The molecule has 1 fully saturated rings. The molecule has 16 heavy (non-hydrogen) atoms. The molecule has 1 unspecified atom stereocenters. The average Bonchev–Trinajstić information content (AvgIpc) is 2.29. The number of hydrogen-bond donors (Lipinski definition) is 4. The average molecular weight is 224 g/mol. The minimum Gasteiger partial charge on any atom is -0.384 e. The van der Waals surface area contributed by atoms with Crippen molar-refractivity contribution in [2.75, 3.05) is 6.61 Å². The van der Waals surface area contributed by atoms with E-state index in [0.29, 0.717) is 12.0 Å². The molecule has 0 aliphatic carbocycles. The molecule has 0 spiro atoms. The van der Waals surface area contributed by atoms with Crippen LogP contribution in [0, 0.1) is 10.8 Å². The van der Waals surface area contributed by atoms with Gasteiger partial charge < -0.3 is 21.2 Å². The van der Waals surface area contributed by atoms with E-state index in [9.17, 15) is 0 Å². The van der Waals surface area contributed by atoms with E-state index in [0.717, 1.165) is 37.8 Å². The molecule has 0 radical (unpaired) electrons. The number of nitrogens with two attached hydrogens (primary N) is 1. The molecule has 0 bridgehead atoms. The molecular weight excluding hydrogens is 204 g/mol. The summed E-state index contributed by atoms with van der Waals surface area (Å²) in [4.78, 5) is 0. The van der Waals surface area contributed by atoms with Gasteiger partial charge in [0.05, 0.1) is 5.57 Å². The minimum absolute atomic E-state index is 0.00185. The van der Waals surface area contributed by atoms with Crippen molar-refractivity contribution in [3.8, 4) is 0 Å². The van der Waals surface area contributed by atoms with E-state index in [2.05, 4.69) is 5.32 Å². The summed E-state index contributed by atoms with van der Waals surface area (Å²) in [6.07, 6.45) is 5.05. The van der Waals surface area contributed by atoms with Crippen LogP contribution in [-0.2, 0) is 4.74 Å². The van der Waals surface area contributed by atoms with Gasteiger partial charge in [0.1, 0.15) is 12.1 Å². The lowest BCUT2D eigenvalue weighted by atomic mass is 10.1. The molecule has 1 saturated heterocycles. The Morgan fingerprint density at radius 2 is 2.31 bits per heavy atom. The van der Waals surface area contributed by atoms with Crippen molar-refractivity contribution in [1.29, 1.82) is 10.8 Å². The summed E-state index contributed by atoms with van der Waals surface area (Å²) in [7, 11) is 0. The molecule has 5 heteroatoms. The molecule has 0 aromatic carbocycles. The van der Waals surface area contributed by atoms with Crippen LogP contribution in [0.1, 0.15) is 32.6 Å². The lowest BCUT2D eigenvalue weighted by molar-refractivity contribution is 0.000609. The fraction of sp³-hybridized carbons (Fsp3) is 0.636. The van der Waals surface area contributed by atoms with E-state index in [4.69, 9.17) is 21.3 Å². The molecule has 0 aromatic rings. The second-order valence-electron chi connectivity index (χ2n) is 3.80. The van der Waals surface area contributed by atoms with Crippen LogP contribution < -0.4 is 11.1 Å². The summed E-state index contributed by atoms with van der Waals surface area (Å²) in [5.41, 5.74) is 6.69. The maximum atomic E-state index is 7.39. The Kier molecular flexibility index (Phi) is 4.98. The molecule has 1 aliphatic heterocycles. The monoisotopic (exact) mass is 224 g/mol. The zero-order chi connectivity index (χ0) is 12.0. The number of hydrogen-bond acceptors (Lipinski definition) is 4. The highest BCUT2D eigenvalue weighted by Crippen LogP contribution is 2.14. The van der Waals surface area contributed by atoms with E-state index in [1.165, 1.54) is 0 Å². The van der Waals surface area contributed by atoms with Crippen molar-refractivity contribution in [3.63, 3.8) is 0 Å². The van der Waals surface area contributed by atoms with E-state index < -0.39 is 0 Å². The van der Waals surface area contributed by atoms with Gasteiger partial charge >= 0.3 is 0 Å². The minimum atomic E-state index is -0.0739. The molecule has 5 N–H and O–H groups in total. The second kappa shape index (κ2) is 6.27. The van der Waals surface area contributed by atoms with Crippen LogP contribution >= 0.6 is 0 Å². The van der Waals surface area contributed by atoms with Crippen molar-refractivity contribution in [3.05, 3.63) is 11.3 Å². The molecule has 5 nitrogen and oxygen atoms in total. The first-order valence-electron chi connectivity index (χ1n) is 5.65. The van der Waals surface area contributed by atoms with Crippen molar-refractivity contribution >= 4 is 12.1 Å². The highest BCUT2D eigenvalue weighted by Gasteiger charge is 2.15. The second-order valence-corrected chi connectivity index (χ2v) is 3.80. The Labute approximate surface area is 96.1 Å². The fourth-order valence-electron chi connectivity index (χ4n) is 1.75. The Balaban J connectivity index is 2.72. The lowest BCUT2D eigenvalue weighted by Crippen LogP contribution is -2.35. The zero-order valence-corrected chi connectivity index (χ0v) is 9.68. The van der Waals surface area contributed by atoms with Crippen molar-refractivity contribution in [1.82, 2.24) is 5.32 Å². The van der Waals surface area contributed by atoms with Gasteiger partial charge in [-0.15, -0.1) is 0 Å². The van der Waals surface area contributed by atoms with Gasteiger partial charge in [0.15, 0.2) is 0 Å². The van der Waals surface area contributed by atoms with Crippen LogP contribution in [0.15, 0.2) is 11.3 Å². The number of allylic oxidation sites excluding steroid dienone is 1. The Morgan fingerprint density at radius 3 is 2.75 bits per heavy atom. The predicted octanol–water partition coefficient (Wildman–Crippen LogP) is 1.35. The zero-order valence-electron chi connectivity index (χ0n) is 9.68. The third-order valence-electron chi connectivity index (χ3n) is 2.63. The third-order valence-corrected chi connectivity index (χ3v) is 2.63. The highest BCUT2D eigenvalue weighted by molar-refractivity contribution is 6.12. The highest BCUT2D eigenvalue weighted by atomic mass is 16.5. The quantitative estimate of drug-likeness (QED) is 0.419. The number of rotatable bonds is 5. The summed E-state index contributed by atoms with van der Waals surface area (Å²) in [6.45, 7) is 2.74. The van der Waals surface area contributed by atoms with Gasteiger partial charge in [-0.2, -0.15) is 0 Å². The first kappa shape index (κ1) is 12.7.